The van der Waals surface area contributed by atoms with E-state index in [1.165, 1.54) is 18.4 Å². The van der Waals surface area contributed by atoms with E-state index in [-0.39, 0.29) is 0 Å². The zero-order valence-corrected chi connectivity index (χ0v) is 11.5. The van der Waals surface area contributed by atoms with Crippen LogP contribution in [0.25, 0.3) is 0 Å². The van der Waals surface area contributed by atoms with Gasteiger partial charge in [-0.1, -0.05) is 18.2 Å². The van der Waals surface area contributed by atoms with Crippen LogP contribution in [0.5, 0.6) is 11.5 Å². The molecule has 1 saturated heterocycles. The van der Waals surface area contributed by atoms with E-state index >= 15 is 0 Å². The number of benzene rings is 1. The van der Waals surface area contributed by atoms with Crippen molar-refractivity contribution in [3.8, 4) is 11.5 Å². The van der Waals surface area contributed by atoms with E-state index in [4.69, 9.17) is 9.47 Å². The molecule has 3 nitrogen and oxygen atoms in total. The highest BCUT2D eigenvalue weighted by Crippen LogP contribution is 2.45. The first kappa shape index (κ1) is 12.5. The fraction of sp³-hybridized carbons (Fsp3) is 0.500. The Kier molecular flexibility index (Phi) is 3.47. The molecular weight excluding hydrogens is 238 g/mol. The van der Waals surface area contributed by atoms with Gasteiger partial charge in [-0.05, 0) is 25.5 Å². The van der Waals surface area contributed by atoms with Crippen molar-refractivity contribution in [3.05, 3.63) is 36.4 Å². The van der Waals surface area contributed by atoms with Crippen LogP contribution in [0.2, 0.25) is 0 Å². The highest BCUT2D eigenvalue weighted by atomic mass is 16.5. The van der Waals surface area contributed by atoms with Crippen LogP contribution in [0.3, 0.4) is 0 Å². The molecule has 2 atom stereocenters. The number of fused-ring (bicyclic) bond motifs is 3. The van der Waals surface area contributed by atoms with Gasteiger partial charge in [0.05, 0.1) is 13.2 Å². The van der Waals surface area contributed by atoms with Crippen molar-refractivity contribution < 1.29 is 9.47 Å². The van der Waals surface area contributed by atoms with Gasteiger partial charge in [0, 0.05) is 18.0 Å². The smallest absolute Gasteiger partial charge is 0.164 e. The molecule has 19 heavy (non-hydrogen) atoms. The van der Waals surface area contributed by atoms with Crippen molar-refractivity contribution in [2.75, 3.05) is 26.8 Å². The minimum absolute atomic E-state index is 0.478. The van der Waals surface area contributed by atoms with E-state index in [2.05, 4.69) is 23.6 Å². The average molecular weight is 259 g/mol. The molecule has 3 heteroatoms. The van der Waals surface area contributed by atoms with Crippen LogP contribution in [0.4, 0.5) is 0 Å². The van der Waals surface area contributed by atoms with E-state index in [0.29, 0.717) is 12.0 Å². The molecule has 1 aromatic carbocycles. The number of rotatable bonds is 3. The molecule has 0 aromatic heterocycles. The molecule has 0 amide bonds. The third-order valence-electron chi connectivity index (χ3n) is 4.28. The van der Waals surface area contributed by atoms with Gasteiger partial charge in [-0.15, -0.1) is 6.58 Å². The highest BCUT2D eigenvalue weighted by Gasteiger charge is 2.37. The van der Waals surface area contributed by atoms with Gasteiger partial charge in [0.1, 0.15) is 6.61 Å². The van der Waals surface area contributed by atoms with Gasteiger partial charge >= 0.3 is 0 Å². The van der Waals surface area contributed by atoms with Crippen LogP contribution < -0.4 is 9.47 Å². The van der Waals surface area contributed by atoms with Crippen molar-refractivity contribution in [2.45, 2.75) is 24.8 Å². The van der Waals surface area contributed by atoms with Crippen molar-refractivity contribution in [1.82, 2.24) is 4.90 Å². The minimum atomic E-state index is 0.478. The molecule has 0 unspecified atom stereocenters. The quantitative estimate of drug-likeness (QED) is 0.779. The lowest BCUT2D eigenvalue weighted by molar-refractivity contribution is 0.0734. The number of hydrogen-bond donors (Lipinski definition) is 0. The number of methoxy groups -OCH3 is 1. The summed E-state index contributed by atoms with van der Waals surface area (Å²) < 4.78 is 11.4. The summed E-state index contributed by atoms with van der Waals surface area (Å²) >= 11 is 0. The molecule has 0 N–H and O–H groups in total. The molecule has 0 saturated carbocycles. The summed E-state index contributed by atoms with van der Waals surface area (Å²) in [4.78, 5) is 2.49. The maximum Gasteiger partial charge on any atom is 0.164 e. The SMILES string of the molecule is C=CCN1CCC[C@@H]2c3cccc(OC)c3OC[C@H]21. The van der Waals surface area contributed by atoms with Crippen LogP contribution in [-0.2, 0) is 0 Å². The standard InChI is InChI=1S/C16H21NO2/c1-3-9-17-10-5-7-12-13-6-4-8-15(18-2)16(13)19-11-14(12)17/h3-4,6,8,12,14H,1,5,7,9-11H2,2H3/t12-,14-/m1/s1. The second kappa shape index (κ2) is 5.25. The first-order valence-corrected chi connectivity index (χ1v) is 6.99. The Morgan fingerprint density at radius 3 is 3.21 bits per heavy atom. The van der Waals surface area contributed by atoms with Crippen molar-refractivity contribution in [1.29, 1.82) is 0 Å². The van der Waals surface area contributed by atoms with Crippen LogP contribution in [0.15, 0.2) is 30.9 Å². The summed E-state index contributed by atoms with van der Waals surface area (Å²) in [5.41, 5.74) is 1.31. The van der Waals surface area contributed by atoms with Gasteiger partial charge in [-0.3, -0.25) is 4.90 Å². The number of ether oxygens (including phenoxy) is 2. The first-order chi connectivity index (χ1) is 9.35. The Balaban J connectivity index is 1.94. The number of likely N-dealkylation sites (tertiary alicyclic amines) is 1. The van der Waals surface area contributed by atoms with Gasteiger partial charge in [-0.2, -0.15) is 0 Å². The monoisotopic (exact) mass is 259 g/mol. The fourth-order valence-corrected chi connectivity index (χ4v) is 3.41. The molecule has 0 spiro atoms. The molecule has 1 aromatic rings. The topological polar surface area (TPSA) is 21.7 Å². The molecule has 0 bridgehead atoms. The Morgan fingerprint density at radius 1 is 1.53 bits per heavy atom. The summed E-state index contributed by atoms with van der Waals surface area (Å²) in [5, 5.41) is 0. The third kappa shape index (κ3) is 2.12. The predicted octanol–water partition coefficient (Wildman–Crippen LogP) is 2.82. The summed E-state index contributed by atoms with van der Waals surface area (Å²) in [6.45, 7) is 6.71. The number of para-hydroxylation sites is 1. The number of nitrogens with zero attached hydrogens (tertiary/aromatic N) is 1. The largest absolute Gasteiger partial charge is 0.493 e. The van der Waals surface area contributed by atoms with Gasteiger partial charge in [0.15, 0.2) is 11.5 Å². The van der Waals surface area contributed by atoms with E-state index in [1.807, 2.05) is 12.1 Å². The minimum Gasteiger partial charge on any atom is -0.493 e. The summed E-state index contributed by atoms with van der Waals surface area (Å²) in [7, 11) is 1.70. The van der Waals surface area contributed by atoms with Crippen molar-refractivity contribution in [2.24, 2.45) is 0 Å². The van der Waals surface area contributed by atoms with E-state index in [1.54, 1.807) is 7.11 Å². The summed E-state index contributed by atoms with van der Waals surface area (Å²) in [6.07, 6.45) is 4.47. The Morgan fingerprint density at radius 2 is 2.42 bits per heavy atom. The Bertz CT molecular complexity index is 472. The molecule has 2 aliphatic rings. The maximum absolute atomic E-state index is 5.99. The Labute approximate surface area is 114 Å². The van der Waals surface area contributed by atoms with Crippen LogP contribution in [-0.4, -0.2) is 37.7 Å². The lowest BCUT2D eigenvalue weighted by atomic mass is 9.81. The second-order valence-corrected chi connectivity index (χ2v) is 5.29. The molecular formula is C16H21NO2. The van der Waals surface area contributed by atoms with Crippen LogP contribution in [0, 0.1) is 0 Å². The van der Waals surface area contributed by atoms with E-state index in [0.717, 1.165) is 31.2 Å². The number of piperidine rings is 1. The van der Waals surface area contributed by atoms with Gasteiger partial charge in [-0.25, -0.2) is 0 Å². The zero-order valence-electron chi connectivity index (χ0n) is 11.5. The van der Waals surface area contributed by atoms with Crippen molar-refractivity contribution in [3.63, 3.8) is 0 Å². The second-order valence-electron chi connectivity index (χ2n) is 5.29. The maximum atomic E-state index is 5.99. The normalized spacial score (nSPS) is 25.9. The predicted molar refractivity (Wildman–Crippen MR) is 76.0 cm³/mol. The van der Waals surface area contributed by atoms with Gasteiger partial charge < -0.3 is 9.47 Å². The third-order valence-corrected chi connectivity index (χ3v) is 4.28. The van der Waals surface area contributed by atoms with Crippen molar-refractivity contribution >= 4 is 0 Å². The zero-order chi connectivity index (χ0) is 13.2. The molecule has 2 heterocycles. The van der Waals surface area contributed by atoms with Gasteiger partial charge in [0.2, 0.25) is 0 Å². The summed E-state index contributed by atoms with van der Waals surface area (Å²) in [6, 6.07) is 6.71. The molecule has 2 aliphatic heterocycles. The number of hydrogen-bond acceptors (Lipinski definition) is 3. The molecule has 0 radical (unpaired) electrons. The lowest BCUT2D eigenvalue weighted by Gasteiger charge is -2.44. The first-order valence-electron chi connectivity index (χ1n) is 6.99. The molecule has 0 aliphatic carbocycles. The average Bonchev–Trinajstić information content (AvgIpc) is 2.47. The molecule has 3 rings (SSSR count). The molecule has 102 valence electrons. The highest BCUT2D eigenvalue weighted by molar-refractivity contribution is 5.50. The van der Waals surface area contributed by atoms with E-state index in [9.17, 15) is 0 Å². The van der Waals surface area contributed by atoms with Gasteiger partial charge in [0.25, 0.3) is 0 Å². The van der Waals surface area contributed by atoms with E-state index < -0.39 is 0 Å². The fourth-order valence-electron chi connectivity index (χ4n) is 3.41. The Hall–Kier alpha value is -1.48. The lowest BCUT2D eigenvalue weighted by Crippen LogP contribution is -2.49. The summed E-state index contributed by atoms with van der Waals surface area (Å²) in [5.74, 6) is 2.37. The van der Waals surface area contributed by atoms with Crippen LogP contribution >= 0.6 is 0 Å². The van der Waals surface area contributed by atoms with Crippen LogP contribution in [0.1, 0.15) is 24.3 Å². The molecule has 1 fully saturated rings.